The van der Waals surface area contributed by atoms with E-state index in [4.69, 9.17) is 5.11 Å². The van der Waals surface area contributed by atoms with E-state index in [1.807, 2.05) is 5.32 Å². The third-order valence-electron chi connectivity index (χ3n) is 1.42. The van der Waals surface area contributed by atoms with Crippen molar-refractivity contribution in [3.05, 3.63) is 0 Å². The lowest BCUT2D eigenvalue weighted by atomic mass is 10.2. The Labute approximate surface area is 61.8 Å². The van der Waals surface area contributed by atoms with Crippen LogP contribution in [0.15, 0.2) is 0 Å². The Balaban J connectivity index is 2.79. The van der Waals surface area contributed by atoms with Crippen molar-refractivity contribution in [1.82, 2.24) is 10.2 Å². The van der Waals surface area contributed by atoms with Gasteiger partial charge in [-0.05, 0) is 0 Å². The van der Waals surface area contributed by atoms with E-state index in [0.29, 0.717) is 4.90 Å². The minimum Gasteiger partial charge on any atom is -0.370 e. The maximum atomic E-state index is 12.5. The van der Waals surface area contributed by atoms with Crippen molar-refractivity contribution in [2.75, 3.05) is 7.05 Å². The highest BCUT2D eigenvalue weighted by atomic mass is 19.1. The van der Waals surface area contributed by atoms with Crippen molar-refractivity contribution < 1.29 is 19.1 Å². The summed E-state index contributed by atoms with van der Waals surface area (Å²) in [6.45, 7) is 0. The van der Waals surface area contributed by atoms with Crippen LogP contribution in [0.5, 0.6) is 0 Å². The largest absolute Gasteiger partial charge is 0.370 e. The number of nitrogens with zero attached hydrogens (tertiary/aromatic N) is 1. The SMILES string of the molecule is CN1C(=O)NC(O)C(F)C1=O. The van der Waals surface area contributed by atoms with Gasteiger partial charge < -0.3 is 10.4 Å². The molecule has 0 aromatic rings. The number of carbonyl (C=O) groups is 2. The van der Waals surface area contributed by atoms with Gasteiger partial charge in [-0.1, -0.05) is 0 Å². The van der Waals surface area contributed by atoms with Crippen LogP contribution in [0.2, 0.25) is 0 Å². The Morgan fingerprint density at radius 3 is 2.73 bits per heavy atom. The topological polar surface area (TPSA) is 69.6 Å². The third-order valence-corrected chi connectivity index (χ3v) is 1.42. The summed E-state index contributed by atoms with van der Waals surface area (Å²) in [5.74, 6) is -1.03. The molecule has 1 fully saturated rings. The first-order valence-electron chi connectivity index (χ1n) is 2.94. The highest BCUT2D eigenvalue weighted by Gasteiger charge is 2.38. The van der Waals surface area contributed by atoms with Crippen LogP contribution in [0, 0.1) is 0 Å². The van der Waals surface area contributed by atoms with Crippen molar-refractivity contribution >= 4 is 11.9 Å². The van der Waals surface area contributed by atoms with E-state index < -0.39 is 24.3 Å². The molecule has 0 aromatic heterocycles. The third kappa shape index (κ3) is 1.16. The van der Waals surface area contributed by atoms with Crippen LogP contribution in [0.4, 0.5) is 9.18 Å². The molecule has 62 valence electrons. The van der Waals surface area contributed by atoms with Crippen LogP contribution in [0.3, 0.4) is 0 Å². The number of aliphatic hydroxyl groups excluding tert-OH is 1. The minimum atomic E-state index is -2.06. The monoisotopic (exact) mass is 162 g/mol. The molecule has 11 heavy (non-hydrogen) atoms. The Hall–Kier alpha value is -1.17. The Morgan fingerprint density at radius 1 is 1.64 bits per heavy atom. The molecule has 0 bridgehead atoms. The fraction of sp³-hybridized carbons (Fsp3) is 0.600. The van der Waals surface area contributed by atoms with E-state index in [2.05, 4.69) is 0 Å². The van der Waals surface area contributed by atoms with Crippen LogP contribution in [-0.2, 0) is 4.79 Å². The summed E-state index contributed by atoms with van der Waals surface area (Å²) in [6, 6.07) is -0.795. The quantitative estimate of drug-likeness (QED) is 0.471. The van der Waals surface area contributed by atoms with Crippen LogP contribution >= 0.6 is 0 Å². The van der Waals surface area contributed by atoms with Crippen molar-refractivity contribution in [3.8, 4) is 0 Å². The molecule has 0 radical (unpaired) electrons. The second-order valence-electron chi connectivity index (χ2n) is 2.19. The van der Waals surface area contributed by atoms with Crippen LogP contribution in [0.1, 0.15) is 0 Å². The van der Waals surface area contributed by atoms with Gasteiger partial charge in [-0.2, -0.15) is 0 Å². The predicted molar refractivity (Wildman–Crippen MR) is 32.2 cm³/mol. The Kier molecular flexibility index (Phi) is 1.77. The molecule has 0 aromatic carbocycles. The summed E-state index contributed by atoms with van der Waals surface area (Å²) in [7, 11) is 1.14. The molecule has 1 aliphatic rings. The van der Waals surface area contributed by atoms with Gasteiger partial charge >= 0.3 is 6.03 Å². The number of halogens is 1. The minimum absolute atomic E-state index is 0.581. The van der Waals surface area contributed by atoms with Gasteiger partial charge in [-0.25, -0.2) is 9.18 Å². The van der Waals surface area contributed by atoms with Crippen LogP contribution < -0.4 is 5.32 Å². The molecule has 3 amide bonds. The van der Waals surface area contributed by atoms with Crippen LogP contribution in [0.25, 0.3) is 0 Å². The molecule has 1 saturated heterocycles. The van der Waals surface area contributed by atoms with Gasteiger partial charge in [0.05, 0.1) is 0 Å². The smallest absolute Gasteiger partial charge is 0.326 e. The molecular formula is C5H7FN2O3. The molecule has 2 atom stereocenters. The zero-order valence-electron chi connectivity index (χ0n) is 5.74. The van der Waals surface area contributed by atoms with Gasteiger partial charge in [0.2, 0.25) is 6.17 Å². The van der Waals surface area contributed by atoms with E-state index in [-0.39, 0.29) is 0 Å². The van der Waals surface area contributed by atoms with Crippen molar-refractivity contribution in [3.63, 3.8) is 0 Å². The first kappa shape index (κ1) is 7.93. The van der Waals surface area contributed by atoms with Crippen molar-refractivity contribution in [1.29, 1.82) is 0 Å². The summed E-state index contributed by atoms with van der Waals surface area (Å²) in [5, 5.41) is 10.5. The lowest BCUT2D eigenvalue weighted by Gasteiger charge is -2.27. The van der Waals surface area contributed by atoms with Crippen molar-refractivity contribution in [2.24, 2.45) is 0 Å². The highest BCUT2D eigenvalue weighted by Crippen LogP contribution is 2.07. The predicted octanol–water partition coefficient (Wildman–Crippen LogP) is -1.18. The Bertz CT molecular complexity index is 208. The van der Waals surface area contributed by atoms with Gasteiger partial charge in [0.1, 0.15) is 0 Å². The number of alkyl halides is 1. The normalized spacial score (nSPS) is 32.1. The zero-order valence-corrected chi connectivity index (χ0v) is 5.74. The number of aliphatic hydroxyl groups is 1. The number of hydrogen-bond acceptors (Lipinski definition) is 3. The van der Waals surface area contributed by atoms with Crippen molar-refractivity contribution in [2.45, 2.75) is 12.4 Å². The summed E-state index contributed by atoms with van der Waals surface area (Å²) < 4.78 is 12.5. The number of carbonyl (C=O) groups excluding carboxylic acids is 2. The van der Waals surface area contributed by atoms with Gasteiger partial charge in [0.25, 0.3) is 5.91 Å². The summed E-state index contributed by atoms with van der Waals surface area (Å²) in [5.41, 5.74) is 0. The summed E-state index contributed by atoms with van der Waals surface area (Å²) >= 11 is 0. The number of urea groups is 1. The van der Waals surface area contributed by atoms with E-state index in [9.17, 15) is 14.0 Å². The zero-order chi connectivity index (χ0) is 8.59. The van der Waals surface area contributed by atoms with E-state index in [0.717, 1.165) is 7.05 Å². The molecule has 0 spiro atoms. The fourth-order valence-electron chi connectivity index (χ4n) is 0.717. The average molecular weight is 162 g/mol. The highest BCUT2D eigenvalue weighted by molar-refractivity contribution is 5.99. The lowest BCUT2D eigenvalue weighted by Crippen LogP contribution is -2.59. The lowest BCUT2D eigenvalue weighted by molar-refractivity contribution is -0.140. The molecule has 2 N–H and O–H groups in total. The van der Waals surface area contributed by atoms with Gasteiger partial charge in [-0.3, -0.25) is 9.69 Å². The second kappa shape index (κ2) is 2.46. The first-order chi connectivity index (χ1) is 5.04. The molecule has 2 unspecified atom stereocenters. The van der Waals surface area contributed by atoms with E-state index >= 15 is 0 Å². The second-order valence-corrected chi connectivity index (χ2v) is 2.19. The molecule has 1 rings (SSSR count). The number of nitrogens with one attached hydrogen (secondary N) is 1. The molecule has 1 aliphatic heterocycles. The summed E-state index contributed by atoms with van der Waals surface area (Å²) in [4.78, 5) is 21.9. The fourth-order valence-corrected chi connectivity index (χ4v) is 0.717. The molecule has 1 heterocycles. The molecule has 0 aliphatic carbocycles. The number of amides is 3. The molecule has 0 saturated carbocycles. The average Bonchev–Trinajstić information content (AvgIpc) is 1.97. The first-order valence-corrected chi connectivity index (χ1v) is 2.94. The number of rotatable bonds is 0. The van der Waals surface area contributed by atoms with E-state index in [1.54, 1.807) is 0 Å². The number of hydrogen-bond donors (Lipinski definition) is 2. The van der Waals surface area contributed by atoms with Crippen LogP contribution in [-0.4, -0.2) is 41.4 Å². The maximum absolute atomic E-state index is 12.5. The molecule has 5 nitrogen and oxygen atoms in total. The number of imide groups is 1. The van der Waals surface area contributed by atoms with Gasteiger partial charge in [0.15, 0.2) is 6.23 Å². The van der Waals surface area contributed by atoms with Gasteiger partial charge in [-0.15, -0.1) is 0 Å². The molecule has 6 heteroatoms. The Morgan fingerprint density at radius 2 is 2.18 bits per heavy atom. The standard InChI is InChI=1S/C5H7FN2O3/c1-8-4(10)2(6)3(9)7-5(8)11/h2-3,9H,1H3,(H,7,11). The molecular weight excluding hydrogens is 155 g/mol. The van der Waals surface area contributed by atoms with E-state index in [1.165, 1.54) is 0 Å². The maximum Gasteiger partial charge on any atom is 0.326 e. The summed E-state index contributed by atoms with van der Waals surface area (Å²) in [6.07, 6.45) is -3.77. The van der Waals surface area contributed by atoms with Gasteiger partial charge in [0, 0.05) is 7.05 Å².